The number of para-hydroxylation sites is 2. The highest BCUT2D eigenvalue weighted by Gasteiger charge is 2.14. The number of aryl methyl sites for hydroxylation is 1. The lowest BCUT2D eigenvalue weighted by atomic mass is 10.1. The molecule has 23 heavy (non-hydrogen) atoms. The Balaban J connectivity index is 2.13. The third kappa shape index (κ3) is 2.15. The van der Waals surface area contributed by atoms with Crippen LogP contribution in [0.25, 0.3) is 33.1 Å². The monoisotopic (exact) mass is 299 g/mol. The average molecular weight is 299 g/mol. The zero-order valence-corrected chi connectivity index (χ0v) is 13.1. The molecule has 0 radical (unpaired) electrons. The standard InChI is InChI=1S/C20H17N3/c1-3-5-12-23-18-11-10-14(4-2)13-15(18)19-20(23)22-17-9-7-6-8-16(17)21-19/h2,6-11,13H,3,5,12H2,1H3. The Morgan fingerprint density at radius 3 is 2.61 bits per heavy atom. The number of nitrogens with zero attached hydrogens (tertiary/aromatic N) is 3. The average Bonchev–Trinajstić information content (AvgIpc) is 2.90. The molecule has 4 rings (SSSR count). The maximum atomic E-state index is 5.57. The maximum absolute atomic E-state index is 5.57. The van der Waals surface area contributed by atoms with Gasteiger partial charge in [0, 0.05) is 17.5 Å². The van der Waals surface area contributed by atoms with Crippen molar-refractivity contribution in [1.82, 2.24) is 14.5 Å². The molecule has 3 heteroatoms. The smallest absolute Gasteiger partial charge is 0.160 e. The summed E-state index contributed by atoms with van der Waals surface area (Å²) in [6.45, 7) is 3.14. The van der Waals surface area contributed by atoms with E-state index in [0.717, 1.165) is 58.1 Å². The second-order valence-corrected chi connectivity index (χ2v) is 5.77. The van der Waals surface area contributed by atoms with Crippen LogP contribution >= 0.6 is 0 Å². The summed E-state index contributed by atoms with van der Waals surface area (Å²) in [5.74, 6) is 2.72. The molecule has 0 aliphatic carbocycles. The van der Waals surface area contributed by atoms with Crippen LogP contribution in [-0.4, -0.2) is 14.5 Å². The van der Waals surface area contributed by atoms with Gasteiger partial charge in [-0.25, -0.2) is 9.97 Å². The summed E-state index contributed by atoms with van der Waals surface area (Å²) in [5.41, 5.74) is 5.76. The summed E-state index contributed by atoms with van der Waals surface area (Å²) in [5, 5.41) is 1.09. The van der Waals surface area contributed by atoms with Crippen LogP contribution in [0.4, 0.5) is 0 Å². The van der Waals surface area contributed by atoms with Crippen LogP contribution in [0.2, 0.25) is 0 Å². The van der Waals surface area contributed by atoms with Gasteiger partial charge in [-0.05, 0) is 36.8 Å². The number of hydrogen-bond acceptors (Lipinski definition) is 2. The summed E-state index contributed by atoms with van der Waals surface area (Å²) in [4.78, 5) is 9.73. The Morgan fingerprint density at radius 1 is 1.09 bits per heavy atom. The largest absolute Gasteiger partial charge is 0.324 e. The van der Waals surface area contributed by atoms with E-state index in [4.69, 9.17) is 16.4 Å². The lowest BCUT2D eigenvalue weighted by Gasteiger charge is -2.05. The quantitative estimate of drug-likeness (QED) is 0.521. The zero-order chi connectivity index (χ0) is 15.8. The van der Waals surface area contributed by atoms with Crippen molar-refractivity contribution < 1.29 is 0 Å². The van der Waals surface area contributed by atoms with Gasteiger partial charge in [-0.3, -0.25) is 0 Å². The van der Waals surface area contributed by atoms with Gasteiger partial charge in [0.15, 0.2) is 5.65 Å². The molecule has 0 aliphatic rings. The van der Waals surface area contributed by atoms with Gasteiger partial charge in [-0.2, -0.15) is 0 Å². The minimum atomic E-state index is 0.877. The normalized spacial score (nSPS) is 11.3. The number of hydrogen-bond donors (Lipinski definition) is 0. The molecule has 0 fully saturated rings. The number of terminal acetylenes is 1. The molecule has 0 saturated heterocycles. The Labute approximate surface area is 135 Å². The Hall–Kier alpha value is -2.86. The van der Waals surface area contributed by atoms with Crippen molar-refractivity contribution in [2.75, 3.05) is 0 Å². The van der Waals surface area contributed by atoms with Gasteiger partial charge in [0.05, 0.1) is 16.6 Å². The first-order chi connectivity index (χ1) is 11.3. The predicted octanol–water partition coefficient (Wildman–Crippen LogP) is 4.52. The number of benzene rings is 2. The number of rotatable bonds is 3. The SMILES string of the molecule is C#Cc1ccc2c(c1)c1nc3ccccc3nc1n2CCCC. The molecular weight excluding hydrogens is 282 g/mol. The van der Waals surface area contributed by atoms with Gasteiger partial charge in [0.25, 0.3) is 0 Å². The summed E-state index contributed by atoms with van der Waals surface area (Å²) < 4.78 is 2.27. The number of fused-ring (bicyclic) bond motifs is 4. The molecule has 2 heterocycles. The fourth-order valence-corrected chi connectivity index (χ4v) is 3.07. The number of unbranched alkanes of at least 4 members (excludes halogenated alkanes) is 1. The summed E-state index contributed by atoms with van der Waals surface area (Å²) in [7, 11) is 0. The van der Waals surface area contributed by atoms with Crippen LogP contribution in [0.1, 0.15) is 25.3 Å². The van der Waals surface area contributed by atoms with E-state index in [0.29, 0.717) is 0 Å². The molecule has 0 bridgehead atoms. The molecule has 0 amide bonds. The van der Waals surface area contributed by atoms with Gasteiger partial charge in [0.2, 0.25) is 0 Å². The summed E-state index contributed by atoms with van der Waals surface area (Å²) >= 11 is 0. The molecule has 0 N–H and O–H groups in total. The minimum absolute atomic E-state index is 0.877. The van der Waals surface area contributed by atoms with E-state index in [1.165, 1.54) is 0 Å². The minimum Gasteiger partial charge on any atom is -0.324 e. The highest BCUT2D eigenvalue weighted by molar-refractivity contribution is 6.06. The van der Waals surface area contributed by atoms with Crippen LogP contribution in [-0.2, 0) is 6.54 Å². The molecule has 0 unspecified atom stereocenters. The van der Waals surface area contributed by atoms with Gasteiger partial charge >= 0.3 is 0 Å². The van der Waals surface area contributed by atoms with E-state index in [-0.39, 0.29) is 0 Å². The highest BCUT2D eigenvalue weighted by atomic mass is 15.1. The van der Waals surface area contributed by atoms with Crippen molar-refractivity contribution in [2.24, 2.45) is 0 Å². The Kier molecular flexibility index (Phi) is 3.24. The molecule has 4 aromatic rings. The van der Waals surface area contributed by atoms with Crippen LogP contribution in [0.3, 0.4) is 0 Å². The van der Waals surface area contributed by atoms with Crippen LogP contribution < -0.4 is 0 Å². The van der Waals surface area contributed by atoms with Crippen LogP contribution in [0, 0.1) is 12.3 Å². The molecule has 0 atom stereocenters. The van der Waals surface area contributed by atoms with Gasteiger partial charge in [0.1, 0.15) is 5.52 Å². The molecule has 0 saturated carbocycles. The van der Waals surface area contributed by atoms with Gasteiger partial charge in [-0.15, -0.1) is 6.42 Å². The fraction of sp³-hybridized carbons (Fsp3) is 0.200. The van der Waals surface area contributed by atoms with Crippen LogP contribution in [0.5, 0.6) is 0 Å². The van der Waals surface area contributed by atoms with E-state index in [1.807, 2.05) is 36.4 Å². The molecule has 2 aromatic carbocycles. The van der Waals surface area contributed by atoms with Crippen LogP contribution in [0.15, 0.2) is 42.5 Å². The van der Waals surface area contributed by atoms with Crippen molar-refractivity contribution in [3.05, 3.63) is 48.0 Å². The van der Waals surface area contributed by atoms with E-state index in [9.17, 15) is 0 Å². The molecule has 112 valence electrons. The topological polar surface area (TPSA) is 30.7 Å². The van der Waals surface area contributed by atoms with E-state index < -0.39 is 0 Å². The fourth-order valence-electron chi connectivity index (χ4n) is 3.07. The van der Waals surface area contributed by atoms with Crippen molar-refractivity contribution in [3.63, 3.8) is 0 Å². The summed E-state index contributed by atoms with van der Waals surface area (Å²) in [6, 6.07) is 14.1. The second kappa shape index (κ2) is 5.40. The predicted molar refractivity (Wildman–Crippen MR) is 95.4 cm³/mol. The Morgan fingerprint density at radius 2 is 1.87 bits per heavy atom. The lowest BCUT2D eigenvalue weighted by molar-refractivity contribution is 0.661. The summed E-state index contributed by atoms with van der Waals surface area (Å²) in [6.07, 6.45) is 7.83. The van der Waals surface area contributed by atoms with E-state index in [1.54, 1.807) is 0 Å². The first kappa shape index (κ1) is 13.8. The van der Waals surface area contributed by atoms with Crippen molar-refractivity contribution in [3.8, 4) is 12.3 Å². The van der Waals surface area contributed by atoms with Gasteiger partial charge < -0.3 is 4.57 Å². The Bertz CT molecular complexity index is 1070. The maximum Gasteiger partial charge on any atom is 0.160 e. The van der Waals surface area contributed by atoms with Gasteiger partial charge in [-0.1, -0.05) is 31.4 Å². The highest BCUT2D eigenvalue weighted by Crippen LogP contribution is 2.29. The first-order valence-electron chi connectivity index (χ1n) is 7.97. The molecule has 3 nitrogen and oxygen atoms in total. The van der Waals surface area contributed by atoms with E-state index >= 15 is 0 Å². The van der Waals surface area contributed by atoms with Crippen molar-refractivity contribution in [2.45, 2.75) is 26.3 Å². The first-order valence-corrected chi connectivity index (χ1v) is 7.97. The second-order valence-electron chi connectivity index (χ2n) is 5.77. The number of aromatic nitrogens is 3. The molecule has 0 spiro atoms. The zero-order valence-electron chi connectivity index (χ0n) is 13.1. The molecule has 2 aromatic heterocycles. The molecular formula is C20H17N3. The third-order valence-corrected chi connectivity index (χ3v) is 4.25. The van der Waals surface area contributed by atoms with Crippen molar-refractivity contribution in [1.29, 1.82) is 0 Å². The molecule has 0 aliphatic heterocycles. The lowest BCUT2D eigenvalue weighted by Crippen LogP contribution is -1.99. The van der Waals surface area contributed by atoms with Crippen molar-refractivity contribution >= 4 is 33.1 Å². The third-order valence-electron chi connectivity index (χ3n) is 4.25. The van der Waals surface area contributed by atoms with E-state index in [2.05, 4.69) is 23.5 Å².